The van der Waals surface area contributed by atoms with E-state index in [1.807, 2.05) is 12.1 Å². The Morgan fingerprint density at radius 3 is 2.44 bits per heavy atom. The Labute approximate surface area is 242 Å². The number of rotatable bonds is 6. The van der Waals surface area contributed by atoms with Gasteiger partial charge in [-0.05, 0) is 68.8 Å². The van der Waals surface area contributed by atoms with Gasteiger partial charge in [-0.2, -0.15) is 0 Å². The first-order chi connectivity index (χ1) is 19.5. The molecule has 1 aliphatic heterocycles. The number of nitrogens with one attached hydrogen (secondary N) is 1. The molecule has 1 aromatic heterocycles. The van der Waals surface area contributed by atoms with E-state index < -0.39 is 23.6 Å². The standard InChI is InChI=1S/C31H29ClFN3O5/c1-31(2,3)41-30(38)35-24-15-23-20(11-13-25(34-23)40-5)26-27(24)28(21-14-18(33)8-12-22(21)32)36(29(26)37)16-17-6-9-19(39-4)10-7-17/h6-15,28H,16H2,1-5H3,(H,35,38). The SMILES string of the molecule is COc1ccc(CN2C(=O)c3c(c(NC(=O)OC(C)(C)C)cc4nc(OC)ccc34)C2c2cc(F)ccc2Cl)cc1. The minimum Gasteiger partial charge on any atom is -0.497 e. The Morgan fingerprint density at radius 2 is 1.78 bits per heavy atom. The highest BCUT2D eigenvalue weighted by Crippen LogP contribution is 2.48. The van der Waals surface area contributed by atoms with Crippen molar-refractivity contribution in [2.75, 3.05) is 19.5 Å². The van der Waals surface area contributed by atoms with Crippen molar-refractivity contribution in [3.8, 4) is 11.6 Å². The van der Waals surface area contributed by atoms with Crippen molar-refractivity contribution in [3.05, 3.63) is 93.8 Å². The summed E-state index contributed by atoms with van der Waals surface area (Å²) < 4.78 is 30.8. The molecule has 1 unspecified atom stereocenters. The van der Waals surface area contributed by atoms with Gasteiger partial charge in [0.15, 0.2) is 0 Å². The summed E-state index contributed by atoms with van der Waals surface area (Å²) in [6.07, 6.45) is -0.716. The number of ether oxygens (including phenoxy) is 3. The summed E-state index contributed by atoms with van der Waals surface area (Å²) in [6, 6.07) is 15.6. The molecule has 0 spiro atoms. The number of carbonyl (C=O) groups is 2. The smallest absolute Gasteiger partial charge is 0.412 e. The zero-order chi connectivity index (χ0) is 29.5. The summed E-state index contributed by atoms with van der Waals surface area (Å²) in [7, 11) is 3.07. The first-order valence-electron chi connectivity index (χ1n) is 12.9. The van der Waals surface area contributed by atoms with Crippen molar-refractivity contribution in [2.24, 2.45) is 0 Å². The molecule has 0 fully saturated rings. The molecule has 10 heteroatoms. The summed E-state index contributed by atoms with van der Waals surface area (Å²) in [5.74, 6) is 0.171. The summed E-state index contributed by atoms with van der Waals surface area (Å²) in [6.45, 7) is 5.42. The van der Waals surface area contributed by atoms with Crippen molar-refractivity contribution in [2.45, 2.75) is 39.0 Å². The normalized spacial score (nSPS) is 14.7. The molecule has 1 atom stereocenters. The summed E-state index contributed by atoms with van der Waals surface area (Å²) in [4.78, 5) is 33.4. The molecular weight excluding hydrogens is 549 g/mol. The van der Waals surface area contributed by atoms with Crippen molar-refractivity contribution in [3.63, 3.8) is 0 Å². The lowest BCUT2D eigenvalue weighted by molar-refractivity contribution is 0.0635. The largest absolute Gasteiger partial charge is 0.497 e. The van der Waals surface area contributed by atoms with Gasteiger partial charge in [-0.3, -0.25) is 10.1 Å². The van der Waals surface area contributed by atoms with Crippen LogP contribution in [0.1, 0.15) is 53.9 Å². The maximum absolute atomic E-state index is 14.7. The minimum absolute atomic E-state index is 0.173. The van der Waals surface area contributed by atoms with Crippen LogP contribution in [0.5, 0.6) is 11.6 Å². The number of amides is 2. The van der Waals surface area contributed by atoms with Gasteiger partial charge < -0.3 is 19.1 Å². The molecule has 0 aliphatic carbocycles. The van der Waals surface area contributed by atoms with E-state index in [0.717, 1.165) is 5.56 Å². The molecule has 0 saturated heterocycles. The number of methoxy groups -OCH3 is 2. The Hall–Kier alpha value is -4.37. The van der Waals surface area contributed by atoms with Gasteiger partial charge in [-0.25, -0.2) is 14.2 Å². The highest BCUT2D eigenvalue weighted by Gasteiger charge is 2.42. The lowest BCUT2D eigenvalue weighted by Crippen LogP contribution is -2.29. The number of fused-ring (bicyclic) bond motifs is 3. The molecule has 0 saturated carbocycles. The molecule has 0 bridgehead atoms. The second-order valence-electron chi connectivity index (χ2n) is 10.6. The van der Waals surface area contributed by atoms with Crippen LogP contribution in [0.25, 0.3) is 10.9 Å². The maximum Gasteiger partial charge on any atom is 0.412 e. The predicted octanol–water partition coefficient (Wildman–Crippen LogP) is 7.14. The molecule has 2 heterocycles. The van der Waals surface area contributed by atoms with Gasteiger partial charge in [0.1, 0.15) is 17.2 Å². The van der Waals surface area contributed by atoms with Crippen molar-refractivity contribution >= 4 is 40.2 Å². The molecule has 2 amide bonds. The van der Waals surface area contributed by atoms with Crippen LogP contribution in [0, 0.1) is 5.82 Å². The highest BCUT2D eigenvalue weighted by atomic mass is 35.5. The van der Waals surface area contributed by atoms with Gasteiger partial charge in [-0.1, -0.05) is 23.7 Å². The highest BCUT2D eigenvalue weighted by molar-refractivity contribution is 6.31. The second kappa shape index (κ2) is 10.9. The maximum atomic E-state index is 14.7. The molecular formula is C31H29ClFN3O5. The fourth-order valence-electron chi connectivity index (χ4n) is 4.97. The van der Waals surface area contributed by atoms with E-state index in [1.54, 1.807) is 63.1 Å². The molecule has 3 aromatic carbocycles. The van der Waals surface area contributed by atoms with E-state index in [1.165, 1.54) is 25.3 Å². The molecule has 8 nitrogen and oxygen atoms in total. The Kier molecular flexibility index (Phi) is 7.48. The number of carbonyl (C=O) groups excluding carboxylic acids is 2. The van der Waals surface area contributed by atoms with Crippen LogP contribution in [0.2, 0.25) is 5.02 Å². The Balaban J connectivity index is 1.75. The van der Waals surface area contributed by atoms with Crippen LogP contribution in [0.4, 0.5) is 14.9 Å². The number of hydrogen-bond donors (Lipinski definition) is 1. The number of hydrogen-bond acceptors (Lipinski definition) is 6. The third kappa shape index (κ3) is 5.63. The lowest BCUT2D eigenvalue weighted by Gasteiger charge is -2.28. The average Bonchev–Trinajstić information content (AvgIpc) is 3.21. The second-order valence-corrected chi connectivity index (χ2v) is 11.0. The molecule has 41 heavy (non-hydrogen) atoms. The monoisotopic (exact) mass is 577 g/mol. The van der Waals surface area contributed by atoms with E-state index in [-0.39, 0.29) is 17.5 Å². The van der Waals surface area contributed by atoms with Gasteiger partial charge in [0.25, 0.3) is 5.91 Å². The number of benzene rings is 3. The van der Waals surface area contributed by atoms with Gasteiger partial charge in [0.2, 0.25) is 5.88 Å². The lowest BCUT2D eigenvalue weighted by atomic mass is 9.93. The van der Waals surface area contributed by atoms with Gasteiger partial charge in [0.05, 0.1) is 37.0 Å². The fourth-order valence-corrected chi connectivity index (χ4v) is 5.19. The molecule has 212 valence electrons. The average molecular weight is 578 g/mol. The van der Waals surface area contributed by atoms with Crippen LogP contribution < -0.4 is 14.8 Å². The van der Waals surface area contributed by atoms with Crippen molar-refractivity contribution < 1.29 is 28.2 Å². The molecule has 1 N–H and O–H groups in total. The zero-order valence-corrected chi connectivity index (χ0v) is 24.0. The van der Waals surface area contributed by atoms with Crippen LogP contribution in [-0.2, 0) is 11.3 Å². The molecule has 0 radical (unpaired) electrons. The van der Waals surface area contributed by atoms with Gasteiger partial charge >= 0.3 is 6.09 Å². The van der Waals surface area contributed by atoms with E-state index in [9.17, 15) is 14.0 Å². The topological polar surface area (TPSA) is 90.0 Å². The van der Waals surface area contributed by atoms with Crippen LogP contribution in [-0.4, -0.2) is 41.7 Å². The number of halogens is 2. The number of nitrogens with zero attached hydrogens (tertiary/aromatic N) is 2. The summed E-state index contributed by atoms with van der Waals surface area (Å²) in [5.41, 5.74) is 1.92. The van der Waals surface area contributed by atoms with Crippen LogP contribution in [0.15, 0.2) is 60.7 Å². The third-order valence-electron chi connectivity index (χ3n) is 6.68. The Morgan fingerprint density at radius 1 is 1.05 bits per heavy atom. The van der Waals surface area contributed by atoms with E-state index >= 15 is 0 Å². The van der Waals surface area contributed by atoms with E-state index in [0.29, 0.717) is 44.9 Å². The minimum atomic E-state index is -0.834. The summed E-state index contributed by atoms with van der Waals surface area (Å²) in [5, 5.41) is 3.63. The third-order valence-corrected chi connectivity index (χ3v) is 7.02. The quantitative estimate of drug-likeness (QED) is 0.262. The van der Waals surface area contributed by atoms with Crippen molar-refractivity contribution in [1.29, 1.82) is 0 Å². The van der Waals surface area contributed by atoms with E-state index in [4.69, 9.17) is 25.8 Å². The van der Waals surface area contributed by atoms with Crippen LogP contribution in [0.3, 0.4) is 0 Å². The fraction of sp³-hybridized carbons (Fsp3) is 0.258. The molecule has 4 aromatic rings. The van der Waals surface area contributed by atoms with Gasteiger partial charge in [-0.15, -0.1) is 0 Å². The number of pyridine rings is 1. The van der Waals surface area contributed by atoms with Crippen molar-refractivity contribution in [1.82, 2.24) is 9.88 Å². The summed E-state index contributed by atoms with van der Waals surface area (Å²) >= 11 is 6.64. The van der Waals surface area contributed by atoms with Crippen LogP contribution >= 0.6 is 11.6 Å². The number of aromatic nitrogens is 1. The number of anilines is 1. The van der Waals surface area contributed by atoms with Gasteiger partial charge in [0, 0.05) is 34.1 Å². The van der Waals surface area contributed by atoms with E-state index in [2.05, 4.69) is 10.3 Å². The molecule has 1 aliphatic rings. The Bertz CT molecular complexity index is 1650. The first-order valence-corrected chi connectivity index (χ1v) is 13.3. The predicted molar refractivity (Wildman–Crippen MR) is 154 cm³/mol. The zero-order valence-electron chi connectivity index (χ0n) is 23.2. The first kappa shape index (κ1) is 28.2. The molecule has 5 rings (SSSR count).